The first kappa shape index (κ1) is 15.8. The van der Waals surface area contributed by atoms with Gasteiger partial charge in [-0.2, -0.15) is 0 Å². The van der Waals surface area contributed by atoms with Crippen molar-refractivity contribution in [2.45, 2.75) is 27.7 Å². The van der Waals surface area contributed by atoms with Crippen LogP contribution in [0.5, 0.6) is 0 Å². The maximum atomic E-state index is 12.1. The summed E-state index contributed by atoms with van der Waals surface area (Å²) in [7, 11) is 0. The molecule has 0 aromatic carbocycles. The predicted molar refractivity (Wildman–Crippen MR) is 83.1 cm³/mol. The molecule has 1 heterocycles. The summed E-state index contributed by atoms with van der Waals surface area (Å²) in [6.07, 6.45) is 3.46. The number of amidine groups is 1. The van der Waals surface area contributed by atoms with Crippen LogP contribution in [0.4, 0.5) is 5.82 Å². The Kier molecular flexibility index (Phi) is 5.32. The van der Waals surface area contributed by atoms with Crippen molar-refractivity contribution in [1.29, 1.82) is 0 Å². The summed E-state index contributed by atoms with van der Waals surface area (Å²) >= 11 is 0. The van der Waals surface area contributed by atoms with E-state index >= 15 is 0 Å². The Morgan fingerprint density at radius 3 is 2.55 bits per heavy atom. The summed E-state index contributed by atoms with van der Waals surface area (Å²) in [4.78, 5) is 24.1. The molecule has 20 heavy (non-hydrogen) atoms. The molecule has 0 fully saturated rings. The smallest absolute Gasteiger partial charge is 0.294 e. The maximum Gasteiger partial charge on any atom is 0.294 e. The van der Waals surface area contributed by atoms with Gasteiger partial charge in [0.25, 0.3) is 5.91 Å². The summed E-state index contributed by atoms with van der Waals surface area (Å²) in [6, 6.07) is 5.25. The van der Waals surface area contributed by atoms with E-state index in [2.05, 4.69) is 27.0 Å². The zero-order valence-electron chi connectivity index (χ0n) is 12.3. The van der Waals surface area contributed by atoms with E-state index < -0.39 is 5.91 Å². The number of allylic oxidation sites excluding steroid dienone is 2. The molecule has 0 spiro atoms. The third kappa shape index (κ3) is 4.42. The molecule has 5 nitrogen and oxygen atoms in total. The van der Waals surface area contributed by atoms with Crippen LogP contribution in [0.15, 0.2) is 46.2 Å². The number of anilines is 1. The highest BCUT2D eigenvalue weighted by atomic mass is 16.2. The van der Waals surface area contributed by atoms with Crippen LogP contribution in [0.2, 0.25) is 0 Å². The standard InChI is InChI=1S/C15H20N4O/c1-6-11(15(2,3)4)18-13(16-5)14(20)19-12-9-7-8-10-17-12/h6-10H,5H2,1-4H3,(H,17,19,20)/b11-6-,18-13?. The highest BCUT2D eigenvalue weighted by Gasteiger charge is 2.19. The van der Waals surface area contributed by atoms with E-state index in [0.717, 1.165) is 5.70 Å². The fourth-order valence-electron chi connectivity index (χ4n) is 1.55. The number of rotatable bonds is 2. The fourth-order valence-corrected chi connectivity index (χ4v) is 1.55. The highest BCUT2D eigenvalue weighted by Crippen LogP contribution is 2.26. The Morgan fingerprint density at radius 2 is 2.10 bits per heavy atom. The molecule has 0 bridgehead atoms. The predicted octanol–water partition coefficient (Wildman–Crippen LogP) is 3.07. The zero-order chi connectivity index (χ0) is 15.2. The minimum absolute atomic E-state index is 0.0266. The van der Waals surface area contributed by atoms with Crippen LogP contribution in [-0.4, -0.2) is 23.4 Å². The van der Waals surface area contributed by atoms with E-state index in [1.807, 2.05) is 33.8 Å². The van der Waals surface area contributed by atoms with Gasteiger partial charge in [0.1, 0.15) is 5.82 Å². The quantitative estimate of drug-likeness (QED) is 0.664. The summed E-state index contributed by atoms with van der Waals surface area (Å²) < 4.78 is 0. The molecule has 0 saturated heterocycles. The van der Waals surface area contributed by atoms with Crippen LogP contribution >= 0.6 is 0 Å². The summed E-state index contributed by atoms with van der Waals surface area (Å²) in [5.74, 6) is 0.0487. The number of hydrogen-bond donors (Lipinski definition) is 1. The fraction of sp³-hybridized carbons (Fsp3) is 0.333. The van der Waals surface area contributed by atoms with Gasteiger partial charge in [0.15, 0.2) is 0 Å². The summed E-state index contributed by atoms with van der Waals surface area (Å²) in [6.45, 7) is 11.3. The van der Waals surface area contributed by atoms with Crippen LogP contribution < -0.4 is 5.32 Å². The second-order valence-electron chi connectivity index (χ2n) is 5.19. The first-order valence-electron chi connectivity index (χ1n) is 6.33. The van der Waals surface area contributed by atoms with Crippen molar-refractivity contribution in [3.05, 3.63) is 36.2 Å². The molecule has 0 saturated carbocycles. The average molecular weight is 272 g/mol. The second kappa shape index (κ2) is 6.75. The van der Waals surface area contributed by atoms with Crippen molar-refractivity contribution in [3.63, 3.8) is 0 Å². The number of nitrogens with zero attached hydrogens (tertiary/aromatic N) is 3. The van der Waals surface area contributed by atoms with Gasteiger partial charge < -0.3 is 5.32 Å². The molecule has 0 radical (unpaired) electrons. The molecule has 1 amide bonds. The molecule has 0 atom stereocenters. The lowest BCUT2D eigenvalue weighted by atomic mass is 9.92. The second-order valence-corrected chi connectivity index (χ2v) is 5.19. The Labute approximate surface area is 119 Å². The molecular weight excluding hydrogens is 252 g/mol. The first-order chi connectivity index (χ1) is 9.38. The molecule has 0 unspecified atom stereocenters. The van der Waals surface area contributed by atoms with Crippen molar-refractivity contribution in [3.8, 4) is 0 Å². The van der Waals surface area contributed by atoms with E-state index in [0.29, 0.717) is 5.82 Å². The number of amides is 1. The lowest BCUT2D eigenvalue weighted by molar-refractivity contribution is -0.110. The largest absolute Gasteiger partial charge is 0.304 e. The molecule has 1 aromatic heterocycles. The van der Waals surface area contributed by atoms with E-state index in [-0.39, 0.29) is 11.3 Å². The van der Waals surface area contributed by atoms with Gasteiger partial charge in [-0.25, -0.2) is 15.0 Å². The van der Waals surface area contributed by atoms with E-state index in [9.17, 15) is 4.79 Å². The van der Waals surface area contributed by atoms with Gasteiger partial charge in [-0.3, -0.25) is 4.79 Å². The van der Waals surface area contributed by atoms with Crippen molar-refractivity contribution in [1.82, 2.24) is 4.98 Å². The monoisotopic (exact) mass is 272 g/mol. The number of nitrogens with one attached hydrogen (secondary N) is 1. The van der Waals surface area contributed by atoms with Crippen LogP contribution in [0, 0.1) is 5.41 Å². The number of aliphatic imine (C=N–C) groups is 2. The van der Waals surface area contributed by atoms with E-state index in [1.54, 1.807) is 24.4 Å². The molecule has 1 aromatic rings. The number of hydrogen-bond acceptors (Lipinski definition) is 3. The van der Waals surface area contributed by atoms with Gasteiger partial charge in [0.2, 0.25) is 5.84 Å². The lowest BCUT2D eigenvalue weighted by Crippen LogP contribution is -2.23. The Morgan fingerprint density at radius 1 is 1.40 bits per heavy atom. The van der Waals surface area contributed by atoms with Gasteiger partial charge in [-0.05, 0) is 25.8 Å². The molecule has 1 N–H and O–H groups in total. The van der Waals surface area contributed by atoms with Crippen LogP contribution in [0.3, 0.4) is 0 Å². The Bertz CT molecular complexity index is 539. The van der Waals surface area contributed by atoms with Crippen molar-refractivity contribution < 1.29 is 4.79 Å². The van der Waals surface area contributed by atoms with Gasteiger partial charge >= 0.3 is 0 Å². The highest BCUT2D eigenvalue weighted by molar-refractivity contribution is 6.43. The minimum atomic E-state index is -0.428. The van der Waals surface area contributed by atoms with Gasteiger partial charge in [-0.1, -0.05) is 32.9 Å². The average Bonchev–Trinajstić information content (AvgIpc) is 2.39. The number of aromatic nitrogens is 1. The van der Waals surface area contributed by atoms with Crippen molar-refractivity contribution >= 4 is 24.3 Å². The van der Waals surface area contributed by atoms with E-state index in [1.165, 1.54) is 0 Å². The zero-order valence-corrected chi connectivity index (χ0v) is 12.3. The van der Waals surface area contributed by atoms with E-state index in [4.69, 9.17) is 0 Å². The number of pyridine rings is 1. The molecule has 1 rings (SSSR count). The Hall–Kier alpha value is -2.30. The SMILES string of the molecule is C=NC(=N/C(=C\C)C(C)(C)C)C(=O)Nc1ccccn1. The summed E-state index contributed by atoms with van der Waals surface area (Å²) in [5.41, 5.74) is 0.603. The van der Waals surface area contributed by atoms with Crippen molar-refractivity contribution in [2.24, 2.45) is 15.4 Å². The number of carbonyl (C=O) groups excluding carboxylic acids is 1. The first-order valence-corrected chi connectivity index (χ1v) is 6.33. The molecule has 0 aliphatic rings. The molecule has 5 heteroatoms. The van der Waals surface area contributed by atoms with Gasteiger partial charge in [0, 0.05) is 17.3 Å². The van der Waals surface area contributed by atoms with Crippen LogP contribution in [-0.2, 0) is 4.79 Å². The normalized spacial score (nSPS) is 13.0. The molecular formula is C15H20N4O. The lowest BCUT2D eigenvalue weighted by Gasteiger charge is -2.19. The molecule has 0 aliphatic carbocycles. The van der Waals surface area contributed by atoms with Crippen LogP contribution in [0.25, 0.3) is 0 Å². The molecule has 0 aliphatic heterocycles. The third-order valence-electron chi connectivity index (χ3n) is 2.53. The third-order valence-corrected chi connectivity index (χ3v) is 2.53. The van der Waals surface area contributed by atoms with Gasteiger partial charge in [-0.15, -0.1) is 0 Å². The maximum absolute atomic E-state index is 12.1. The van der Waals surface area contributed by atoms with Crippen molar-refractivity contribution in [2.75, 3.05) is 5.32 Å². The molecule has 106 valence electrons. The van der Waals surface area contributed by atoms with Crippen LogP contribution in [0.1, 0.15) is 27.7 Å². The Balaban J connectivity index is 2.96. The van der Waals surface area contributed by atoms with Gasteiger partial charge in [0.05, 0.1) is 0 Å². The minimum Gasteiger partial charge on any atom is -0.304 e. The topological polar surface area (TPSA) is 66.7 Å². The summed E-state index contributed by atoms with van der Waals surface area (Å²) in [5, 5.41) is 2.63. The number of carbonyl (C=O) groups is 1.